The molecule has 1 aromatic rings. The van der Waals surface area contributed by atoms with Gasteiger partial charge in [0.05, 0.1) is 32.9 Å². The molecule has 4 rings (SSSR count). The van der Waals surface area contributed by atoms with Gasteiger partial charge >= 0.3 is 5.97 Å². The van der Waals surface area contributed by atoms with E-state index in [-0.39, 0.29) is 17.9 Å². The minimum atomic E-state index is -0.908. The van der Waals surface area contributed by atoms with Crippen molar-refractivity contribution in [2.24, 2.45) is 11.8 Å². The van der Waals surface area contributed by atoms with Gasteiger partial charge in [-0.1, -0.05) is 13.0 Å². The van der Waals surface area contributed by atoms with E-state index in [1.807, 2.05) is 11.0 Å². The second-order valence-electron chi connectivity index (χ2n) is 10.9. The Bertz CT molecular complexity index is 870. The summed E-state index contributed by atoms with van der Waals surface area (Å²) < 4.78 is 0.965. The fourth-order valence-corrected chi connectivity index (χ4v) is 6.70. The molecular weight excluding hydrogens is 420 g/mol. The predicted molar refractivity (Wildman–Crippen MR) is 131 cm³/mol. The zero-order chi connectivity index (χ0) is 22.9. The lowest BCUT2D eigenvalue weighted by molar-refractivity contribution is -0.895. The van der Waals surface area contributed by atoms with E-state index in [4.69, 9.17) is 0 Å². The van der Waals surface area contributed by atoms with Crippen LogP contribution < -0.4 is 4.90 Å². The van der Waals surface area contributed by atoms with E-state index in [1.54, 1.807) is 0 Å². The van der Waals surface area contributed by atoms with Crippen molar-refractivity contribution in [2.45, 2.75) is 77.2 Å². The van der Waals surface area contributed by atoms with Gasteiger partial charge in [-0.05, 0) is 68.9 Å². The lowest BCUT2D eigenvalue weighted by Crippen LogP contribution is -2.54. The molecular formula is C26H39N2O3S+. The van der Waals surface area contributed by atoms with Crippen LogP contribution in [0.15, 0.2) is 12.1 Å². The summed E-state index contributed by atoms with van der Waals surface area (Å²) in [5.41, 5.74) is 1.92. The molecule has 3 aliphatic rings. The minimum Gasteiger partial charge on any atom is -0.477 e. The molecule has 1 saturated heterocycles. The summed E-state index contributed by atoms with van der Waals surface area (Å²) in [4.78, 5) is 29.6. The topological polar surface area (TPSA) is 57.6 Å². The Morgan fingerprint density at radius 1 is 1.06 bits per heavy atom. The molecule has 2 fully saturated rings. The van der Waals surface area contributed by atoms with Crippen LogP contribution in [0.1, 0.15) is 85.7 Å². The highest BCUT2D eigenvalue weighted by Crippen LogP contribution is 2.41. The van der Waals surface area contributed by atoms with E-state index >= 15 is 0 Å². The first-order valence-electron chi connectivity index (χ1n) is 12.5. The SMILES string of the molecule is C[N+]1(C)CCC(N(c2cc(C3=CCCCC3)sc2C(=O)O)C(=O)[C@H]2CC[C@H](C)CC2)CC1. The van der Waals surface area contributed by atoms with E-state index < -0.39 is 5.97 Å². The Hall–Kier alpha value is -1.66. The summed E-state index contributed by atoms with van der Waals surface area (Å²) in [6.45, 7) is 4.30. The number of carbonyl (C=O) groups is 2. The second kappa shape index (κ2) is 9.68. The van der Waals surface area contributed by atoms with Crippen LogP contribution in [0.5, 0.6) is 0 Å². The van der Waals surface area contributed by atoms with Crippen molar-refractivity contribution in [1.82, 2.24) is 0 Å². The largest absolute Gasteiger partial charge is 0.477 e. The molecule has 0 bridgehead atoms. The molecule has 2 heterocycles. The van der Waals surface area contributed by atoms with Crippen molar-refractivity contribution in [3.05, 3.63) is 21.9 Å². The molecule has 5 nitrogen and oxygen atoms in total. The summed E-state index contributed by atoms with van der Waals surface area (Å²) in [7, 11) is 4.48. The molecule has 0 atom stereocenters. The Labute approximate surface area is 196 Å². The molecule has 0 aromatic carbocycles. The first-order chi connectivity index (χ1) is 15.2. The highest BCUT2D eigenvalue weighted by atomic mass is 32.1. The Balaban J connectivity index is 1.70. The number of nitrogens with zero attached hydrogens (tertiary/aromatic N) is 2. The smallest absolute Gasteiger partial charge is 0.348 e. The van der Waals surface area contributed by atoms with Crippen LogP contribution in [-0.4, -0.2) is 54.7 Å². The van der Waals surface area contributed by atoms with Gasteiger partial charge in [-0.2, -0.15) is 0 Å². The molecule has 0 radical (unpaired) electrons. The third kappa shape index (κ3) is 5.12. The van der Waals surface area contributed by atoms with Crippen LogP contribution in [0.3, 0.4) is 0 Å². The quantitative estimate of drug-likeness (QED) is 0.566. The van der Waals surface area contributed by atoms with E-state index in [0.29, 0.717) is 16.5 Å². The fraction of sp³-hybridized carbons (Fsp3) is 0.692. The maximum absolute atomic E-state index is 13.9. The van der Waals surface area contributed by atoms with E-state index in [1.165, 1.54) is 23.3 Å². The van der Waals surface area contributed by atoms with Crippen LogP contribution in [0.25, 0.3) is 5.57 Å². The van der Waals surface area contributed by atoms with Gasteiger partial charge in [0.1, 0.15) is 4.88 Å². The lowest BCUT2D eigenvalue weighted by Gasteiger charge is -2.42. The van der Waals surface area contributed by atoms with Crippen molar-refractivity contribution in [3.8, 4) is 0 Å². The molecule has 0 spiro atoms. The van der Waals surface area contributed by atoms with Gasteiger partial charge in [-0.25, -0.2) is 4.79 Å². The highest BCUT2D eigenvalue weighted by molar-refractivity contribution is 7.15. The lowest BCUT2D eigenvalue weighted by atomic mass is 9.82. The monoisotopic (exact) mass is 459 g/mol. The van der Waals surface area contributed by atoms with Crippen LogP contribution in [0.2, 0.25) is 0 Å². The summed E-state index contributed by atoms with van der Waals surface area (Å²) in [5, 5.41) is 10.1. The number of quaternary nitrogens is 1. The number of allylic oxidation sites excluding steroid dienone is 2. The molecule has 2 aliphatic carbocycles. The van der Waals surface area contributed by atoms with Gasteiger partial charge in [-0.15, -0.1) is 11.3 Å². The maximum atomic E-state index is 13.9. The number of carboxylic acid groups (broad SMARTS) is 1. The number of carboxylic acids is 1. The number of hydrogen-bond acceptors (Lipinski definition) is 3. The third-order valence-corrected chi connectivity index (χ3v) is 9.06. The average Bonchev–Trinajstić information content (AvgIpc) is 3.21. The van der Waals surface area contributed by atoms with E-state index in [0.717, 1.165) is 80.2 Å². The van der Waals surface area contributed by atoms with Crippen molar-refractivity contribution >= 4 is 34.5 Å². The van der Waals surface area contributed by atoms with Gasteiger partial charge < -0.3 is 14.5 Å². The zero-order valence-electron chi connectivity index (χ0n) is 19.9. The van der Waals surface area contributed by atoms with Crippen LogP contribution in [0, 0.1) is 11.8 Å². The third-order valence-electron chi connectivity index (χ3n) is 7.88. The standard InChI is InChI=1S/C26H38N2O3S/c1-18-9-11-20(12-10-18)25(29)27(21-13-15-28(2,3)16-14-21)22-17-23(32-24(22)26(30)31)19-7-5-4-6-8-19/h7,17-18,20-21H,4-6,8-16H2,1-3H3/p+1/t18-,20-. The Kier molecular flexibility index (Phi) is 7.11. The number of rotatable bonds is 5. The van der Waals surface area contributed by atoms with Crippen molar-refractivity contribution in [2.75, 3.05) is 32.1 Å². The molecule has 1 amide bonds. The summed E-state index contributed by atoms with van der Waals surface area (Å²) in [5.74, 6) is -0.0383. The van der Waals surface area contributed by atoms with Gasteiger partial charge in [0.15, 0.2) is 0 Å². The maximum Gasteiger partial charge on any atom is 0.348 e. The zero-order valence-corrected chi connectivity index (χ0v) is 20.8. The number of anilines is 1. The van der Waals surface area contributed by atoms with Gasteiger partial charge in [0, 0.05) is 29.7 Å². The molecule has 0 unspecified atom stereocenters. The number of thiophene rings is 1. The normalized spacial score (nSPS) is 26.4. The van der Waals surface area contributed by atoms with Crippen molar-refractivity contribution < 1.29 is 19.2 Å². The van der Waals surface area contributed by atoms with Gasteiger partial charge in [0.2, 0.25) is 5.91 Å². The van der Waals surface area contributed by atoms with Gasteiger partial charge in [0.25, 0.3) is 0 Å². The highest BCUT2D eigenvalue weighted by Gasteiger charge is 2.39. The predicted octanol–water partition coefficient (Wildman–Crippen LogP) is 5.80. The van der Waals surface area contributed by atoms with Crippen molar-refractivity contribution in [1.29, 1.82) is 0 Å². The second-order valence-corrected chi connectivity index (χ2v) is 11.9. The molecule has 176 valence electrons. The average molecular weight is 460 g/mol. The molecule has 1 N–H and O–H groups in total. The van der Waals surface area contributed by atoms with Crippen LogP contribution >= 0.6 is 11.3 Å². The Morgan fingerprint density at radius 2 is 1.75 bits per heavy atom. The number of hydrogen-bond donors (Lipinski definition) is 1. The van der Waals surface area contributed by atoms with Crippen LogP contribution in [-0.2, 0) is 4.79 Å². The molecule has 1 saturated carbocycles. The molecule has 6 heteroatoms. The van der Waals surface area contributed by atoms with Gasteiger partial charge in [-0.3, -0.25) is 4.79 Å². The van der Waals surface area contributed by atoms with Crippen molar-refractivity contribution in [3.63, 3.8) is 0 Å². The fourth-order valence-electron chi connectivity index (χ4n) is 5.64. The number of amides is 1. The van der Waals surface area contributed by atoms with E-state index in [9.17, 15) is 14.7 Å². The minimum absolute atomic E-state index is 0.0227. The molecule has 1 aromatic heterocycles. The number of piperidine rings is 1. The first-order valence-corrected chi connectivity index (χ1v) is 13.3. The summed E-state index contributed by atoms with van der Waals surface area (Å²) >= 11 is 1.37. The van der Waals surface area contributed by atoms with E-state index in [2.05, 4.69) is 27.1 Å². The van der Waals surface area contributed by atoms with Crippen LogP contribution in [0.4, 0.5) is 5.69 Å². The summed E-state index contributed by atoms with van der Waals surface area (Å²) in [6, 6.07) is 2.12. The number of likely N-dealkylation sites (tertiary alicyclic amines) is 1. The first kappa shape index (κ1) is 23.5. The molecule has 32 heavy (non-hydrogen) atoms. The number of aromatic carboxylic acids is 1. The molecule has 1 aliphatic heterocycles. The summed E-state index contributed by atoms with van der Waals surface area (Å²) in [6.07, 6.45) is 12.6. The number of carbonyl (C=O) groups excluding carboxylic acids is 1. The Morgan fingerprint density at radius 3 is 2.34 bits per heavy atom.